The van der Waals surface area contributed by atoms with Crippen molar-refractivity contribution in [3.63, 3.8) is 0 Å². The highest BCUT2D eigenvalue weighted by Crippen LogP contribution is 2.23. The molecule has 2 N–H and O–H groups in total. The van der Waals surface area contributed by atoms with Crippen molar-refractivity contribution in [2.75, 3.05) is 13.2 Å². The summed E-state index contributed by atoms with van der Waals surface area (Å²) < 4.78 is 5.66. The van der Waals surface area contributed by atoms with Gasteiger partial charge in [0.05, 0.1) is 0 Å². The number of ether oxygens (including phenoxy) is 1. The fraction of sp³-hybridized carbons (Fsp3) is 0.647. The molecule has 0 aliphatic rings. The van der Waals surface area contributed by atoms with Gasteiger partial charge in [-0.1, -0.05) is 19.9 Å². The molecule has 0 aromatic heterocycles. The highest BCUT2D eigenvalue weighted by molar-refractivity contribution is 5.36. The zero-order valence-corrected chi connectivity index (χ0v) is 13.7. The molecule has 3 heteroatoms. The van der Waals surface area contributed by atoms with E-state index in [0.717, 1.165) is 5.75 Å². The largest absolute Gasteiger partial charge is 0.491 e. The smallest absolute Gasteiger partial charge is 0.119 e. The number of benzene rings is 1. The molecule has 1 aromatic rings. The molecule has 0 heterocycles. The van der Waals surface area contributed by atoms with E-state index < -0.39 is 6.10 Å². The van der Waals surface area contributed by atoms with Gasteiger partial charge in [0.25, 0.3) is 0 Å². The minimum Gasteiger partial charge on any atom is -0.491 e. The van der Waals surface area contributed by atoms with Crippen LogP contribution in [0, 0.1) is 6.92 Å². The van der Waals surface area contributed by atoms with Crippen LogP contribution < -0.4 is 10.1 Å². The highest BCUT2D eigenvalue weighted by atomic mass is 16.5. The highest BCUT2D eigenvalue weighted by Gasteiger charge is 2.13. The summed E-state index contributed by atoms with van der Waals surface area (Å²) in [5.41, 5.74) is 2.59. The third-order valence-electron chi connectivity index (χ3n) is 3.17. The van der Waals surface area contributed by atoms with Crippen molar-refractivity contribution in [2.24, 2.45) is 0 Å². The monoisotopic (exact) mass is 279 g/mol. The third kappa shape index (κ3) is 5.93. The van der Waals surface area contributed by atoms with Crippen molar-refractivity contribution in [2.45, 2.75) is 59.1 Å². The summed E-state index contributed by atoms with van der Waals surface area (Å²) in [6.45, 7) is 13.5. The van der Waals surface area contributed by atoms with E-state index in [4.69, 9.17) is 4.74 Å². The molecule has 0 aliphatic carbocycles. The summed E-state index contributed by atoms with van der Waals surface area (Å²) >= 11 is 0. The minimum atomic E-state index is -0.501. The second kappa shape index (κ2) is 7.09. The fourth-order valence-corrected chi connectivity index (χ4v) is 2.06. The maximum atomic E-state index is 9.90. The van der Waals surface area contributed by atoms with Gasteiger partial charge >= 0.3 is 0 Å². The quantitative estimate of drug-likeness (QED) is 0.840. The molecule has 1 aromatic carbocycles. The van der Waals surface area contributed by atoms with Gasteiger partial charge in [0.2, 0.25) is 0 Å². The lowest BCUT2D eigenvalue weighted by molar-refractivity contribution is 0.100. The molecule has 0 radical (unpaired) electrons. The number of aryl methyl sites for hydroxylation is 1. The molecule has 0 bridgehead atoms. The Kier molecular flexibility index (Phi) is 6.03. The first-order chi connectivity index (χ1) is 9.19. The predicted molar refractivity (Wildman–Crippen MR) is 84.5 cm³/mol. The van der Waals surface area contributed by atoms with Crippen molar-refractivity contribution in [1.82, 2.24) is 5.32 Å². The molecule has 1 rings (SSSR count). The van der Waals surface area contributed by atoms with Crippen molar-refractivity contribution >= 4 is 0 Å². The Hall–Kier alpha value is -1.06. The molecular weight excluding hydrogens is 250 g/mol. The van der Waals surface area contributed by atoms with E-state index in [0.29, 0.717) is 19.1 Å². The van der Waals surface area contributed by atoms with Gasteiger partial charge in [-0.2, -0.15) is 0 Å². The van der Waals surface area contributed by atoms with Crippen LogP contribution in [0.5, 0.6) is 5.75 Å². The molecule has 0 saturated heterocycles. The molecule has 1 atom stereocenters. The summed E-state index contributed by atoms with van der Waals surface area (Å²) in [6, 6.07) is 6.13. The van der Waals surface area contributed by atoms with Gasteiger partial charge in [-0.25, -0.2) is 0 Å². The maximum Gasteiger partial charge on any atom is 0.119 e. The van der Waals surface area contributed by atoms with Crippen LogP contribution in [-0.2, 0) is 0 Å². The number of β-amino-alcohol motifs (C(OH)–C–C–N with tert-alkyl or cyclic N) is 1. The van der Waals surface area contributed by atoms with Gasteiger partial charge in [-0.05, 0) is 56.9 Å². The molecule has 114 valence electrons. The van der Waals surface area contributed by atoms with Crippen molar-refractivity contribution in [3.8, 4) is 5.75 Å². The number of nitrogens with one attached hydrogen (secondary N) is 1. The molecule has 0 spiro atoms. The number of aliphatic hydroxyl groups excluding tert-OH is 1. The van der Waals surface area contributed by atoms with Crippen LogP contribution in [0.3, 0.4) is 0 Å². The molecule has 0 fully saturated rings. The van der Waals surface area contributed by atoms with E-state index in [1.54, 1.807) is 0 Å². The van der Waals surface area contributed by atoms with Gasteiger partial charge in [-0.15, -0.1) is 0 Å². The second-order valence-corrected chi connectivity index (χ2v) is 6.77. The van der Waals surface area contributed by atoms with Gasteiger partial charge < -0.3 is 15.2 Å². The summed E-state index contributed by atoms with van der Waals surface area (Å²) in [5, 5.41) is 13.2. The molecule has 0 aliphatic heterocycles. The van der Waals surface area contributed by atoms with Crippen LogP contribution in [-0.4, -0.2) is 29.9 Å². The van der Waals surface area contributed by atoms with E-state index in [1.807, 2.05) is 12.1 Å². The lowest BCUT2D eigenvalue weighted by Gasteiger charge is -2.23. The standard InChI is InChI=1S/C17H29NO2/c1-12(2)16-8-7-15(9-13(16)3)20-11-14(19)10-18-17(4,5)6/h7-9,12,14,18-19H,10-11H2,1-6H3. The second-order valence-electron chi connectivity index (χ2n) is 6.77. The molecule has 20 heavy (non-hydrogen) atoms. The topological polar surface area (TPSA) is 41.5 Å². The first-order valence-electron chi connectivity index (χ1n) is 7.35. The van der Waals surface area contributed by atoms with Gasteiger partial charge in [0, 0.05) is 12.1 Å². The molecule has 1 unspecified atom stereocenters. The predicted octanol–water partition coefficient (Wildman–Crippen LogP) is 3.25. The fourth-order valence-electron chi connectivity index (χ4n) is 2.06. The molecular formula is C17H29NO2. The van der Waals surface area contributed by atoms with Crippen LogP contribution in [0.4, 0.5) is 0 Å². The Balaban J connectivity index is 2.48. The summed E-state index contributed by atoms with van der Waals surface area (Å²) in [7, 11) is 0. The third-order valence-corrected chi connectivity index (χ3v) is 3.17. The normalized spacial score (nSPS) is 13.6. The molecule has 0 saturated carbocycles. The molecule has 3 nitrogen and oxygen atoms in total. The summed E-state index contributed by atoms with van der Waals surface area (Å²) in [4.78, 5) is 0. The Labute approximate surface area is 123 Å². The van der Waals surface area contributed by atoms with Gasteiger partial charge in [0.15, 0.2) is 0 Å². The summed E-state index contributed by atoms with van der Waals surface area (Å²) in [5.74, 6) is 1.34. The number of hydrogen-bond donors (Lipinski definition) is 2. The lowest BCUT2D eigenvalue weighted by Crippen LogP contribution is -2.42. The summed E-state index contributed by atoms with van der Waals surface area (Å²) in [6.07, 6.45) is -0.501. The number of aliphatic hydroxyl groups is 1. The van der Waals surface area contributed by atoms with Crippen LogP contribution >= 0.6 is 0 Å². The van der Waals surface area contributed by atoms with Crippen LogP contribution in [0.2, 0.25) is 0 Å². The maximum absolute atomic E-state index is 9.90. The van der Waals surface area contributed by atoms with E-state index in [1.165, 1.54) is 11.1 Å². The zero-order chi connectivity index (χ0) is 15.3. The van der Waals surface area contributed by atoms with Crippen LogP contribution in [0.15, 0.2) is 18.2 Å². The van der Waals surface area contributed by atoms with E-state index >= 15 is 0 Å². The van der Waals surface area contributed by atoms with E-state index in [9.17, 15) is 5.11 Å². The first kappa shape index (κ1) is 17.0. The Bertz CT molecular complexity index is 421. The Morgan fingerprint density at radius 2 is 1.90 bits per heavy atom. The Morgan fingerprint density at radius 3 is 2.40 bits per heavy atom. The average molecular weight is 279 g/mol. The average Bonchev–Trinajstić information content (AvgIpc) is 2.32. The Morgan fingerprint density at radius 1 is 1.25 bits per heavy atom. The van der Waals surface area contributed by atoms with E-state index in [-0.39, 0.29) is 5.54 Å². The van der Waals surface area contributed by atoms with Crippen molar-refractivity contribution in [3.05, 3.63) is 29.3 Å². The van der Waals surface area contributed by atoms with Crippen molar-refractivity contribution in [1.29, 1.82) is 0 Å². The lowest BCUT2D eigenvalue weighted by atomic mass is 9.98. The number of hydrogen-bond acceptors (Lipinski definition) is 3. The van der Waals surface area contributed by atoms with E-state index in [2.05, 4.69) is 52.9 Å². The van der Waals surface area contributed by atoms with Gasteiger partial charge in [-0.3, -0.25) is 0 Å². The van der Waals surface area contributed by atoms with Crippen LogP contribution in [0.1, 0.15) is 51.7 Å². The first-order valence-corrected chi connectivity index (χ1v) is 7.35. The van der Waals surface area contributed by atoms with Crippen LogP contribution in [0.25, 0.3) is 0 Å². The van der Waals surface area contributed by atoms with Gasteiger partial charge in [0.1, 0.15) is 18.5 Å². The molecule has 0 amide bonds. The van der Waals surface area contributed by atoms with Crippen molar-refractivity contribution < 1.29 is 9.84 Å². The number of rotatable bonds is 6. The zero-order valence-electron chi connectivity index (χ0n) is 13.7. The minimum absolute atomic E-state index is 0.0104. The SMILES string of the molecule is Cc1cc(OCC(O)CNC(C)(C)C)ccc1C(C)C.